The van der Waals surface area contributed by atoms with E-state index < -0.39 is 0 Å². The summed E-state index contributed by atoms with van der Waals surface area (Å²) in [6.45, 7) is 11.0. The van der Waals surface area contributed by atoms with E-state index in [2.05, 4.69) is 41.1 Å². The first-order chi connectivity index (χ1) is 9.85. The number of allylic oxidation sites excluding steroid dienone is 1. The Bertz CT molecular complexity index is 396. The maximum absolute atomic E-state index is 5.53. The lowest BCUT2D eigenvalue weighted by Crippen LogP contribution is -2.45. The van der Waals surface area contributed by atoms with Gasteiger partial charge in [-0.15, -0.1) is 6.58 Å². The molecule has 1 aromatic carbocycles. The first kappa shape index (κ1) is 15.1. The van der Waals surface area contributed by atoms with Gasteiger partial charge in [-0.3, -0.25) is 4.90 Å². The molecule has 0 amide bonds. The maximum atomic E-state index is 5.53. The summed E-state index contributed by atoms with van der Waals surface area (Å²) < 4.78 is 5.53. The van der Waals surface area contributed by atoms with Gasteiger partial charge in [-0.2, -0.15) is 0 Å². The molecule has 1 aliphatic heterocycles. The summed E-state index contributed by atoms with van der Waals surface area (Å²) in [6, 6.07) is 9.08. The second-order valence-electron chi connectivity index (χ2n) is 5.17. The Kier molecular flexibility index (Phi) is 6.09. The van der Waals surface area contributed by atoms with E-state index in [1.54, 1.807) is 0 Å². The van der Waals surface area contributed by atoms with Gasteiger partial charge in [0.2, 0.25) is 0 Å². The number of benzene rings is 1. The molecule has 0 saturated carbocycles. The molecule has 0 unspecified atom stereocenters. The van der Waals surface area contributed by atoms with Gasteiger partial charge in [0.25, 0.3) is 0 Å². The number of hydrogen-bond donors (Lipinski definition) is 1. The highest BCUT2D eigenvalue weighted by Gasteiger charge is 2.21. The molecule has 1 aliphatic rings. The quantitative estimate of drug-likeness (QED) is 0.774. The Hall–Kier alpha value is -1.32. The molecule has 20 heavy (non-hydrogen) atoms. The van der Waals surface area contributed by atoms with Gasteiger partial charge in [-0.25, -0.2) is 0 Å². The molecular weight excluding hydrogens is 248 g/mol. The van der Waals surface area contributed by atoms with E-state index in [4.69, 9.17) is 4.74 Å². The van der Waals surface area contributed by atoms with Crippen molar-refractivity contribution in [2.45, 2.75) is 25.8 Å². The Balaban J connectivity index is 2.09. The molecule has 1 fully saturated rings. The van der Waals surface area contributed by atoms with Crippen LogP contribution in [0.5, 0.6) is 5.75 Å². The summed E-state index contributed by atoms with van der Waals surface area (Å²) >= 11 is 0. The average Bonchev–Trinajstić information content (AvgIpc) is 2.51. The number of piperazine rings is 1. The summed E-state index contributed by atoms with van der Waals surface area (Å²) in [7, 11) is 0. The van der Waals surface area contributed by atoms with Crippen molar-refractivity contribution in [3.63, 3.8) is 0 Å². The highest BCUT2D eigenvalue weighted by Crippen LogP contribution is 2.27. The maximum Gasteiger partial charge on any atom is 0.119 e. The van der Waals surface area contributed by atoms with Crippen LogP contribution in [-0.2, 0) is 0 Å². The predicted molar refractivity (Wildman–Crippen MR) is 84.2 cm³/mol. The van der Waals surface area contributed by atoms with Crippen LogP contribution in [0.3, 0.4) is 0 Å². The topological polar surface area (TPSA) is 24.5 Å². The van der Waals surface area contributed by atoms with E-state index in [9.17, 15) is 0 Å². The minimum Gasteiger partial charge on any atom is -0.494 e. The van der Waals surface area contributed by atoms with Gasteiger partial charge >= 0.3 is 0 Å². The van der Waals surface area contributed by atoms with Crippen LogP contribution in [0.25, 0.3) is 0 Å². The highest BCUT2D eigenvalue weighted by molar-refractivity contribution is 5.29. The lowest BCUT2D eigenvalue weighted by Gasteiger charge is -2.35. The molecule has 0 spiro atoms. The van der Waals surface area contributed by atoms with E-state index >= 15 is 0 Å². The number of ether oxygens (including phenoxy) is 1. The largest absolute Gasteiger partial charge is 0.494 e. The zero-order valence-electron chi connectivity index (χ0n) is 12.5. The van der Waals surface area contributed by atoms with Crippen molar-refractivity contribution in [2.75, 3.05) is 32.8 Å². The van der Waals surface area contributed by atoms with Gasteiger partial charge in [-0.1, -0.05) is 18.2 Å². The molecule has 0 bridgehead atoms. The Morgan fingerprint density at radius 2 is 2.00 bits per heavy atom. The zero-order valence-corrected chi connectivity index (χ0v) is 12.5. The highest BCUT2D eigenvalue weighted by atomic mass is 16.5. The van der Waals surface area contributed by atoms with Gasteiger partial charge in [-0.05, 0) is 37.5 Å². The number of nitrogens with zero attached hydrogens (tertiary/aromatic N) is 1. The van der Waals surface area contributed by atoms with Crippen LogP contribution >= 0.6 is 0 Å². The lowest BCUT2D eigenvalue weighted by molar-refractivity contribution is 0.166. The van der Waals surface area contributed by atoms with Gasteiger partial charge in [0.1, 0.15) is 5.75 Å². The van der Waals surface area contributed by atoms with Crippen molar-refractivity contribution in [2.24, 2.45) is 0 Å². The summed E-state index contributed by atoms with van der Waals surface area (Å²) in [6.07, 6.45) is 4.21. The van der Waals surface area contributed by atoms with Crippen LogP contribution in [0.15, 0.2) is 36.9 Å². The van der Waals surface area contributed by atoms with Crippen molar-refractivity contribution in [3.8, 4) is 5.75 Å². The Morgan fingerprint density at radius 3 is 2.60 bits per heavy atom. The van der Waals surface area contributed by atoms with E-state index in [1.807, 2.05) is 13.0 Å². The molecular formula is C17H26N2O. The van der Waals surface area contributed by atoms with Crippen molar-refractivity contribution >= 4 is 0 Å². The molecule has 1 aromatic rings. The van der Waals surface area contributed by atoms with Crippen LogP contribution in [-0.4, -0.2) is 37.7 Å². The van der Waals surface area contributed by atoms with Gasteiger partial charge in [0.15, 0.2) is 0 Å². The van der Waals surface area contributed by atoms with E-state index in [1.165, 1.54) is 5.56 Å². The molecule has 1 heterocycles. The molecule has 0 radical (unpaired) electrons. The Labute approximate surface area is 122 Å². The van der Waals surface area contributed by atoms with Gasteiger partial charge in [0.05, 0.1) is 6.61 Å². The zero-order chi connectivity index (χ0) is 14.2. The molecule has 110 valence electrons. The first-order valence-electron chi connectivity index (χ1n) is 7.63. The minimum atomic E-state index is 0.491. The third-order valence-electron chi connectivity index (χ3n) is 3.81. The van der Waals surface area contributed by atoms with E-state index in [0.29, 0.717) is 6.04 Å². The standard InChI is InChI=1S/C17H26N2O/c1-3-5-6-17(19-13-11-18-12-14-19)15-7-9-16(10-8-15)20-4-2/h3,7-10,17-18H,1,4-6,11-14H2,2H3/t17-/m1/s1. The van der Waals surface area contributed by atoms with E-state index in [-0.39, 0.29) is 0 Å². The third-order valence-corrected chi connectivity index (χ3v) is 3.81. The Morgan fingerprint density at radius 1 is 1.30 bits per heavy atom. The fourth-order valence-corrected chi connectivity index (χ4v) is 2.78. The summed E-state index contributed by atoms with van der Waals surface area (Å²) in [5, 5.41) is 3.42. The predicted octanol–water partition coefficient (Wildman–Crippen LogP) is 3.00. The molecule has 1 N–H and O–H groups in total. The van der Waals surface area contributed by atoms with Crippen LogP contribution in [0.2, 0.25) is 0 Å². The molecule has 0 aromatic heterocycles. The van der Waals surface area contributed by atoms with E-state index in [0.717, 1.165) is 51.4 Å². The lowest BCUT2D eigenvalue weighted by atomic mass is 9.99. The van der Waals surface area contributed by atoms with Crippen LogP contribution < -0.4 is 10.1 Å². The monoisotopic (exact) mass is 274 g/mol. The molecule has 1 atom stereocenters. The fraction of sp³-hybridized carbons (Fsp3) is 0.529. The summed E-state index contributed by atoms with van der Waals surface area (Å²) in [4.78, 5) is 2.58. The van der Waals surface area contributed by atoms with Gasteiger partial charge < -0.3 is 10.1 Å². The summed E-state index contributed by atoms with van der Waals surface area (Å²) in [5.41, 5.74) is 1.39. The third kappa shape index (κ3) is 4.09. The first-order valence-corrected chi connectivity index (χ1v) is 7.63. The average molecular weight is 274 g/mol. The second kappa shape index (κ2) is 8.08. The SMILES string of the molecule is C=CCC[C@H](c1ccc(OCC)cc1)N1CCNCC1. The van der Waals surface area contributed by atoms with Crippen LogP contribution in [0.4, 0.5) is 0 Å². The van der Waals surface area contributed by atoms with Crippen LogP contribution in [0, 0.1) is 0 Å². The molecule has 3 heteroatoms. The van der Waals surface area contributed by atoms with Gasteiger partial charge in [0, 0.05) is 32.2 Å². The number of rotatable bonds is 7. The van der Waals surface area contributed by atoms with Crippen molar-refractivity contribution < 1.29 is 4.74 Å². The molecule has 0 aliphatic carbocycles. The number of nitrogens with one attached hydrogen (secondary N) is 1. The molecule has 2 rings (SSSR count). The van der Waals surface area contributed by atoms with Crippen molar-refractivity contribution in [1.29, 1.82) is 0 Å². The number of hydrogen-bond acceptors (Lipinski definition) is 3. The molecule has 3 nitrogen and oxygen atoms in total. The molecule has 1 saturated heterocycles. The fourth-order valence-electron chi connectivity index (χ4n) is 2.78. The second-order valence-corrected chi connectivity index (χ2v) is 5.17. The smallest absolute Gasteiger partial charge is 0.119 e. The van der Waals surface area contributed by atoms with Crippen molar-refractivity contribution in [1.82, 2.24) is 10.2 Å². The minimum absolute atomic E-state index is 0.491. The van der Waals surface area contributed by atoms with Crippen LogP contribution in [0.1, 0.15) is 31.4 Å². The van der Waals surface area contributed by atoms with Crippen molar-refractivity contribution in [3.05, 3.63) is 42.5 Å². The summed E-state index contributed by atoms with van der Waals surface area (Å²) in [5.74, 6) is 0.957. The normalized spacial score (nSPS) is 17.6.